The third-order valence-electron chi connectivity index (χ3n) is 4.19. The largest absolute Gasteiger partial charge is 0.325 e. The fraction of sp³-hybridized carbons (Fsp3) is 0.0476. The molecule has 0 aliphatic rings. The van der Waals surface area contributed by atoms with E-state index in [-0.39, 0.29) is 11.7 Å². The van der Waals surface area contributed by atoms with Gasteiger partial charge in [0.25, 0.3) is 0 Å². The van der Waals surface area contributed by atoms with Crippen molar-refractivity contribution < 1.29 is 9.18 Å². The van der Waals surface area contributed by atoms with E-state index >= 15 is 0 Å². The topological polar surface area (TPSA) is 72.7 Å². The smallest absolute Gasteiger partial charge is 0.242 e. The Morgan fingerprint density at radius 3 is 2.40 bits per heavy atom. The minimum absolute atomic E-state index is 0.275. The van der Waals surface area contributed by atoms with Crippen molar-refractivity contribution in [3.05, 3.63) is 95.3 Å². The quantitative estimate of drug-likeness (QED) is 0.431. The van der Waals surface area contributed by atoms with E-state index in [0.717, 1.165) is 11.3 Å². The highest BCUT2D eigenvalue weighted by Crippen LogP contribution is 2.35. The van der Waals surface area contributed by atoms with Gasteiger partial charge in [0.1, 0.15) is 11.1 Å². The zero-order valence-corrected chi connectivity index (χ0v) is 17.0. The number of anilines is 1. The van der Waals surface area contributed by atoms with E-state index in [1.165, 1.54) is 36.0 Å². The summed E-state index contributed by atoms with van der Waals surface area (Å²) < 4.78 is 14.7. The van der Waals surface area contributed by atoms with Crippen LogP contribution in [0.4, 0.5) is 10.1 Å². The molecule has 0 radical (unpaired) electrons. The van der Waals surface area contributed by atoms with Gasteiger partial charge in [-0.3, -0.25) is 4.79 Å². The average Bonchev–Trinajstić information content (AvgIpc) is 3.23. The van der Waals surface area contributed by atoms with E-state index in [1.807, 2.05) is 30.3 Å². The number of nitrogens with one attached hydrogen (secondary N) is 1. The number of amides is 1. The first kappa shape index (κ1) is 20.1. The molecular formula is C21H15ClFN5OS. The lowest BCUT2D eigenvalue weighted by molar-refractivity contribution is -0.115. The Hall–Kier alpha value is -3.23. The van der Waals surface area contributed by atoms with Gasteiger partial charge in [0.15, 0.2) is 0 Å². The summed E-state index contributed by atoms with van der Waals surface area (Å²) in [6.07, 6.45) is 0. The second-order valence-corrected chi connectivity index (χ2v) is 7.76. The average molecular weight is 440 g/mol. The molecule has 0 aliphatic carbocycles. The van der Waals surface area contributed by atoms with Gasteiger partial charge in [-0.2, -0.15) is 4.68 Å². The highest BCUT2D eigenvalue weighted by Gasteiger charge is 2.25. The molecule has 0 spiro atoms. The maximum atomic E-state index is 13.2. The van der Waals surface area contributed by atoms with Crippen molar-refractivity contribution in [2.75, 3.05) is 5.32 Å². The predicted octanol–water partition coefficient (Wildman–Crippen LogP) is 4.93. The lowest BCUT2D eigenvalue weighted by Gasteiger charge is -2.16. The maximum absolute atomic E-state index is 13.2. The molecule has 0 fully saturated rings. The van der Waals surface area contributed by atoms with Crippen LogP contribution in [-0.2, 0) is 4.79 Å². The van der Waals surface area contributed by atoms with Gasteiger partial charge in [-0.05, 0) is 64.5 Å². The third kappa shape index (κ3) is 4.67. The number of nitrogens with zero attached hydrogens (tertiary/aromatic N) is 4. The van der Waals surface area contributed by atoms with E-state index < -0.39 is 5.25 Å². The molecule has 0 aliphatic heterocycles. The van der Waals surface area contributed by atoms with E-state index in [2.05, 4.69) is 20.8 Å². The summed E-state index contributed by atoms with van der Waals surface area (Å²) in [5, 5.41) is 15.1. The molecule has 1 N–H and O–H groups in total. The first-order valence-electron chi connectivity index (χ1n) is 8.92. The number of tetrazole rings is 1. The molecule has 150 valence electrons. The fourth-order valence-electron chi connectivity index (χ4n) is 2.74. The molecule has 4 aromatic rings. The Kier molecular flexibility index (Phi) is 6.06. The van der Waals surface area contributed by atoms with E-state index in [1.54, 1.807) is 28.9 Å². The first-order chi connectivity index (χ1) is 14.6. The third-order valence-corrected chi connectivity index (χ3v) is 5.63. The summed E-state index contributed by atoms with van der Waals surface area (Å²) in [5.41, 5.74) is 2.01. The van der Waals surface area contributed by atoms with Gasteiger partial charge < -0.3 is 5.32 Å². The molecule has 1 aromatic heterocycles. The van der Waals surface area contributed by atoms with Gasteiger partial charge in [0.05, 0.1) is 5.69 Å². The molecule has 1 atom stereocenters. The molecule has 6 nitrogen and oxygen atoms in total. The Morgan fingerprint density at radius 2 is 1.70 bits per heavy atom. The van der Waals surface area contributed by atoms with E-state index in [0.29, 0.717) is 15.9 Å². The van der Waals surface area contributed by atoms with Crippen molar-refractivity contribution in [3.8, 4) is 5.69 Å². The van der Waals surface area contributed by atoms with Crippen molar-refractivity contribution in [2.45, 2.75) is 10.4 Å². The van der Waals surface area contributed by atoms with Crippen LogP contribution in [0.2, 0.25) is 5.02 Å². The number of hydrogen-bond donors (Lipinski definition) is 1. The lowest BCUT2D eigenvalue weighted by atomic mass is 10.1. The van der Waals surface area contributed by atoms with Crippen molar-refractivity contribution >= 4 is 35.0 Å². The normalized spacial score (nSPS) is 11.8. The number of hydrogen-bond acceptors (Lipinski definition) is 5. The molecule has 0 unspecified atom stereocenters. The molecule has 4 rings (SSSR count). The summed E-state index contributed by atoms with van der Waals surface area (Å²) in [5.74, 6) is -0.646. The van der Waals surface area contributed by atoms with Crippen LogP contribution in [0.3, 0.4) is 0 Å². The van der Waals surface area contributed by atoms with Gasteiger partial charge >= 0.3 is 0 Å². The molecule has 1 heterocycles. The second kappa shape index (κ2) is 9.06. The van der Waals surface area contributed by atoms with Crippen molar-refractivity contribution in [1.82, 2.24) is 20.2 Å². The van der Waals surface area contributed by atoms with Gasteiger partial charge in [0, 0.05) is 10.7 Å². The zero-order valence-electron chi connectivity index (χ0n) is 15.4. The maximum Gasteiger partial charge on any atom is 0.242 e. The van der Waals surface area contributed by atoms with Crippen LogP contribution in [-0.4, -0.2) is 26.1 Å². The number of aromatic nitrogens is 4. The van der Waals surface area contributed by atoms with Crippen LogP contribution < -0.4 is 5.32 Å². The van der Waals surface area contributed by atoms with Crippen molar-refractivity contribution in [1.29, 1.82) is 0 Å². The Labute approximate surface area is 181 Å². The molecule has 3 aromatic carbocycles. The number of rotatable bonds is 6. The Bertz CT molecular complexity index is 1140. The summed E-state index contributed by atoms with van der Waals surface area (Å²) in [6, 6.07) is 22.0. The molecule has 9 heteroatoms. The Morgan fingerprint density at radius 1 is 1.00 bits per heavy atom. The predicted molar refractivity (Wildman–Crippen MR) is 114 cm³/mol. The van der Waals surface area contributed by atoms with Crippen LogP contribution in [0.5, 0.6) is 0 Å². The fourth-order valence-corrected chi connectivity index (χ4v) is 3.87. The van der Waals surface area contributed by atoms with Gasteiger partial charge in [-0.25, -0.2) is 4.39 Å². The van der Waals surface area contributed by atoms with Gasteiger partial charge in [0.2, 0.25) is 11.1 Å². The number of thioether (sulfide) groups is 1. The van der Waals surface area contributed by atoms with Crippen molar-refractivity contribution in [2.24, 2.45) is 0 Å². The summed E-state index contributed by atoms with van der Waals surface area (Å²) >= 11 is 7.18. The molecule has 0 saturated heterocycles. The van der Waals surface area contributed by atoms with Gasteiger partial charge in [-0.1, -0.05) is 53.7 Å². The highest BCUT2D eigenvalue weighted by molar-refractivity contribution is 8.00. The van der Waals surface area contributed by atoms with Crippen LogP contribution in [0.15, 0.2) is 84.0 Å². The first-order valence-corrected chi connectivity index (χ1v) is 10.2. The molecule has 0 saturated carbocycles. The number of halogens is 2. The minimum atomic E-state index is -0.631. The van der Waals surface area contributed by atoms with Crippen LogP contribution in [0.1, 0.15) is 10.8 Å². The number of carbonyl (C=O) groups is 1. The summed E-state index contributed by atoms with van der Waals surface area (Å²) in [7, 11) is 0. The number of benzene rings is 3. The standard InChI is InChI=1S/C21H15ClFN5OS/c22-15-6-12-18(13-7-15)28-21(25-26-27-28)30-19(14-4-2-1-3-5-14)20(29)24-17-10-8-16(23)9-11-17/h1-13,19H,(H,24,29)/t19-/m1/s1. The van der Waals surface area contributed by atoms with E-state index in [4.69, 9.17) is 11.6 Å². The van der Waals surface area contributed by atoms with Crippen LogP contribution in [0, 0.1) is 5.82 Å². The lowest BCUT2D eigenvalue weighted by Crippen LogP contribution is -2.19. The number of carbonyl (C=O) groups excluding carboxylic acids is 1. The molecule has 0 bridgehead atoms. The van der Waals surface area contributed by atoms with E-state index in [9.17, 15) is 9.18 Å². The Balaban J connectivity index is 1.63. The van der Waals surface area contributed by atoms with Crippen LogP contribution >= 0.6 is 23.4 Å². The molecule has 1 amide bonds. The van der Waals surface area contributed by atoms with Gasteiger partial charge in [-0.15, -0.1) is 5.10 Å². The SMILES string of the molecule is O=C(Nc1ccc(F)cc1)[C@H](Sc1nnnn1-c1ccc(Cl)cc1)c1ccccc1. The minimum Gasteiger partial charge on any atom is -0.325 e. The summed E-state index contributed by atoms with van der Waals surface area (Å²) in [6.45, 7) is 0. The molecule has 30 heavy (non-hydrogen) atoms. The zero-order chi connectivity index (χ0) is 20.9. The second-order valence-electron chi connectivity index (χ2n) is 6.25. The van der Waals surface area contributed by atoms with Crippen molar-refractivity contribution in [3.63, 3.8) is 0 Å². The monoisotopic (exact) mass is 439 g/mol. The summed E-state index contributed by atoms with van der Waals surface area (Å²) in [4.78, 5) is 13.1. The highest BCUT2D eigenvalue weighted by atomic mass is 35.5. The van der Waals surface area contributed by atoms with Crippen LogP contribution in [0.25, 0.3) is 5.69 Å². The molecular weight excluding hydrogens is 425 g/mol.